The predicted octanol–water partition coefficient (Wildman–Crippen LogP) is 10.4. The number of carbonyl (C=O) groups excluding carboxylic acids is 1. The van der Waals surface area contributed by atoms with Crippen LogP contribution in [0.1, 0.15) is 23.6 Å². The maximum atomic E-state index is 13.8. The SMILES string of the molecule is CCOc1cc(/C=C2/SC(=Nc3ccc(Cl)cc3)N(c3ccc(Cl)cc3)C2=O)ccc1OCc1ccc(OCc2ccccc2)c(OC)c1. The summed E-state index contributed by atoms with van der Waals surface area (Å²) in [7, 11) is 1.62. The molecule has 1 heterocycles. The molecule has 6 rings (SSSR count). The Kier molecular flexibility index (Phi) is 11.1. The molecule has 7 nitrogen and oxygen atoms in total. The van der Waals surface area contributed by atoms with Crippen LogP contribution in [-0.2, 0) is 18.0 Å². The van der Waals surface area contributed by atoms with Crippen LogP contribution < -0.4 is 23.8 Å². The fourth-order valence-electron chi connectivity index (χ4n) is 4.96. The molecule has 1 saturated heterocycles. The molecule has 0 aliphatic carbocycles. The van der Waals surface area contributed by atoms with Crippen LogP contribution in [0.4, 0.5) is 11.4 Å². The zero-order chi connectivity index (χ0) is 34.2. The number of methoxy groups -OCH3 is 1. The molecule has 5 aromatic carbocycles. The minimum Gasteiger partial charge on any atom is -0.493 e. The van der Waals surface area contributed by atoms with Crippen LogP contribution >= 0.6 is 35.0 Å². The molecule has 1 aliphatic heterocycles. The standard InChI is InChI=1S/C39H32Cl2N2O5S/c1-3-46-36-21-27(9-19-34(36)48-25-28-10-20-33(35(22-28)45-2)47-24-26-7-5-4-6-8-26)23-37-38(44)43(32-17-13-30(41)14-18-32)39(49-37)42-31-15-11-29(40)12-16-31/h4-23H,3,24-25H2,1-2H3/b37-23+,42-39?. The van der Waals surface area contributed by atoms with Gasteiger partial charge in [0.2, 0.25) is 0 Å². The van der Waals surface area contributed by atoms with Crippen molar-refractivity contribution in [1.29, 1.82) is 0 Å². The fourth-order valence-corrected chi connectivity index (χ4v) is 6.22. The highest BCUT2D eigenvalue weighted by Gasteiger charge is 2.35. The third-order valence-corrected chi connectivity index (χ3v) is 8.84. The number of thioether (sulfide) groups is 1. The molecule has 1 fully saturated rings. The van der Waals surface area contributed by atoms with Gasteiger partial charge in [0, 0.05) is 10.0 Å². The van der Waals surface area contributed by atoms with Crippen LogP contribution in [0.5, 0.6) is 23.0 Å². The molecule has 0 aromatic heterocycles. The van der Waals surface area contributed by atoms with Crippen LogP contribution in [0, 0.1) is 0 Å². The lowest BCUT2D eigenvalue weighted by Gasteiger charge is -2.16. The van der Waals surface area contributed by atoms with Gasteiger partial charge in [0.05, 0.1) is 30.0 Å². The van der Waals surface area contributed by atoms with Gasteiger partial charge >= 0.3 is 0 Å². The normalized spacial score (nSPS) is 14.4. The third-order valence-electron chi connectivity index (χ3n) is 7.37. The van der Waals surface area contributed by atoms with Crippen molar-refractivity contribution < 1.29 is 23.7 Å². The van der Waals surface area contributed by atoms with Gasteiger partial charge in [0.15, 0.2) is 28.2 Å². The summed E-state index contributed by atoms with van der Waals surface area (Å²) < 4.78 is 23.8. The molecule has 49 heavy (non-hydrogen) atoms. The zero-order valence-corrected chi connectivity index (χ0v) is 29.1. The van der Waals surface area contributed by atoms with Gasteiger partial charge in [-0.1, -0.05) is 65.7 Å². The van der Waals surface area contributed by atoms with Gasteiger partial charge in [-0.25, -0.2) is 4.99 Å². The van der Waals surface area contributed by atoms with E-state index in [1.807, 2.05) is 79.7 Å². The van der Waals surface area contributed by atoms with Crippen molar-refractivity contribution in [2.24, 2.45) is 4.99 Å². The monoisotopic (exact) mass is 710 g/mol. The molecule has 0 bridgehead atoms. The molecule has 1 amide bonds. The number of nitrogens with zero attached hydrogens (tertiary/aromatic N) is 2. The number of hydrogen-bond acceptors (Lipinski definition) is 7. The Morgan fingerprint density at radius 1 is 0.714 bits per heavy atom. The molecule has 0 radical (unpaired) electrons. The van der Waals surface area contributed by atoms with Crippen LogP contribution in [0.3, 0.4) is 0 Å². The number of amides is 1. The van der Waals surface area contributed by atoms with Crippen LogP contribution in [0.15, 0.2) is 125 Å². The lowest BCUT2D eigenvalue weighted by molar-refractivity contribution is -0.113. The van der Waals surface area contributed by atoms with Crippen LogP contribution in [-0.4, -0.2) is 24.8 Å². The molecule has 10 heteroatoms. The van der Waals surface area contributed by atoms with E-state index in [-0.39, 0.29) is 12.5 Å². The van der Waals surface area contributed by atoms with Gasteiger partial charge in [0.1, 0.15) is 13.2 Å². The molecule has 0 atom stereocenters. The Hall–Kier alpha value is -4.89. The van der Waals surface area contributed by atoms with Crippen molar-refractivity contribution in [2.75, 3.05) is 18.6 Å². The summed E-state index contributed by atoms with van der Waals surface area (Å²) in [4.78, 5) is 20.7. The van der Waals surface area contributed by atoms with E-state index in [0.29, 0.717) is 67.7 Å². The lowest BCUT2D eigenvalue weighted by Crippen LogP contribution is -2.28. The van der Waals surface area contributed by atoms with E-state index < -0.39 is 0 Å². The average molecular weight is 712 g/mol. The first-order valence-corrected chi connectivity index (χ1v) is 17.0. The highest BCUT2D eigenvalue weighted by Crippen LogP contribution is 2.39. The van der Waals surface area contributed by atoms with Crippen LogP contribution in [0.2, 0.25) is 10.0 Å². The van der Waals surface area contributed by atoms with Crippen molar-refractivity contribution in [3.63, 3.8) is 0 Å². The molecule has 0 saturated carbocycles. The number of carbonyl (C=O) groups is 1. The van der Waals surface area contributed by atoms with E-state index >= 15 is 0 Å². The summed E-state index contributed by atoms with van der Waals surface area (Å²) in [5, 5.41) is 1.69. The van der Waals surface area contributed by atoms with Crippen molar-refractivity contribution in [3.05, 3.63) is 147 Å². The van der Waals surface area contributed by atoms with E-state index in [9.17, 15) is 4.79 Å². The minimum absolute atomic E-state index is 0.205. The molecule has 248 valence electrons. The number of rotatable bonds is 12. The highest BCUT2D eigenvalue weighted by molar-refractivity contribution is 8.19. The Labute approximate surface area is 299 Å². The Morgan fingerprint density at radius 3 is 2.06 bits per heavy atom. The van der Waals surface area contributed by atoms with Crippen molar-refractivity contribution in [3.8, 4) is 23.0 Å². The fraction of sp³-hybridized carbons (Fsp3) is 0.128. The van der Waals surface area contributed by atoms with Gasteiger partial charge in [0.25, 0.3) is 5.91 Å². The Balaban J connectivity index is 1.21. The van der Waals surface area contributed by atoms with Gasteiger partial charge in [-0.05, 0) is 114 Å². The quantitative estimate of drug-likeness (QED) is 0.120. The van der Waals surface area contributed by atoms with E-state index in [1.54, 1.807) is 60.5 Å². The number of ether oxygens (including phenoxy) is 4. The first kappa shape index (κ1) is 34.0. The molecule has 1 aliphatic rings. The molecule has 0 unspecified atom stereocenters. The van der Waals surface area contributed by atoms with Crippen molar-refractivity contribution in [2.45, 2.75) is 20.1 Å². The zero-order valence-electron chi connectivity index (χ0n) is 26.8. The van der Waals surface area contributed by atoms with E-state index in [0.717, 1.165) is 16.7 Å². The molecule has 0 N–H and O–H groups in total. The summed E-state index contributed by atoms with van der Waals surface area (Å²) in [5.41, 5.74) is 4.08. The Morgan fingerprint density at radius 2 is 1.37 bits per heavy atom. The molecular formula is C39H32Cl2N2O5S. The first-order chi connectivity index (χ1) is 23.9. The maximum Gasteiger partial charge on any atom is 0.271 e. The van der Waals surface area contributed by atoms with Gasteiger partial charge < -0.3 is 18.9 Å². The number of anilines is 1. The molecule has 0 spiro atoms. The van der Waals surface area contributed by atoms with Crippen LogP contribution in [0.25, 0.3) is 6.08 Å². The predicted molar refractivity (Wildman–Crippen MR) is 199 cm³/mol. The van der Waals surface area contributed by atoms with E-state index in [2.05, 4.69) is 0 Å². The van der Waals surface area contributed by atoms with Gasteiger partial charge in [-0.15, -0.1) is 0 Å². The number of hydrogen-bond donors (Lipinski definition) is 0. The summed E-state index contributed by atoms with van der Waals surface area (Å²) in [6.45, 7) is 3.07. The maximum absolute atomic E-state index is 13.8. The minimum atomic E-state index is -0.205. The number of amidine groups is 1. The number of aliphatic imine (C=N–C) groups is 1. The Bertz CT molecular complexity index is 1980. The summed E-state index contributed by atoms with van der Waals surface area (Å²) >= 11 is 13.5. The topological polar surface area (TPSA) is 69.6 Å². The number of benzene rings is 5. The summed E-state index contributed by atoms with van der Waals surface area (Å²) in [5.74, 6) is 2.20. The summed E-state index contributed by atoms with van der Waals surface area (Å²) in [6, 6.07) is 35.5. The third kappa shape index (κ3) is 8.59. The second kappa shape index (κ2) is 16.0. The van der Waals surface area contributed by atoms with Gasteiger partial charge in [-0.2, -0.15) is 0 Å². The summed E-state index contributed by atoms with van der Waals surface area (Å²) in [6.07, 6.45) is 1.83. The second-order valence-corrected chi connectivity index (χ2v) is 12.7. The molecule has 5 aromatic rings. The van der Waals surface area contributed by atoms with Crippen molar-refractivity contribution >= 4 is 63.5 Å². The van der Waals surface area contributed by atoms with E-state index in [4.69, 9.17) is 47.1 Å². The van der Waals surface area contributed by atoms with Crippen molar-refractivity contribution in [1.82, 2.24) is 0 Å². The first-order valence-electron chi connectivity index (χ1n) is 15.5. The highest BCUT2D eigenvalue weighted by atomic mass is 35.5. The van der Waals surface area contributed by atoms with Gasteiger partial charge in [-0.3, -0.25) is 9.69 Å². The largest absolute Gasteiger partial charge is 0.493 e. The smallest absolute Gasteiger partial charge is 0.271 e. The molecular weight excluding hydrogens is 679 g/mol. The second-order valence-electron chi connectivity index (χ2n) is 10.8. The lowest BCUT2D eigenvalue weighted by atomic mass is 10.1. The average Bonchev–Trinajstić information content (AvgIpc) is 3.42. The van der Waals surface area contributed by atoms with E-state index in [1.165, 1.54) is 11.8 Å². The number of halogens is 2.